The van der Waals surface area contributed by atoms with Gasteiger partial charge in [-0.15, -0.1) is 0 Å². The van der Waals surface area contributed by atoms with Gasteiger partial charge in [-0.1, -0.05) is 19.9 Å². The lowest BCUT2D eigenvalue weighted by atomic mass is 10.1. The lowest BCUT2D eigenvalue weighted by Crippen LogP contribution is -2.30. The van der Waals surface area contributed by atoms with Gasteiger partial charge in [-0.25, -0.2) is 0 Å². The van der Waals surface area contributed by atoms with Crippen molar-refractivity contribution in [1.82, 2.24) is 5.32 Å². The molecule has 0 aliphatic heterocycles. The second-order valence-electron chi connectivity index (χ2n) is 4.20. The lowest BCUT2D eigenvalue weighted by Gasteiger charge is -2.17. The van der Waals surface area contributed by atoms with Gasteiger partial charge in [-0.05, 0) is 46.5 Å². The molecule has 84 valence electrons. The fourth-order valence-corrected chi connectivity index (χ4v) is 1.60. The minimum absolute atomic E-state index is 0.288. The molecule has 0 aliphatic carbocycles. The van der Waals surface area contributed by atoms with Crippen LogP contribution in [0.4, 0.5) is 0 Å². The van der Waals surface area contributed by atoms with Crippen LogP contribution in [0.15, 0.2) is 22.7 Å². The number of rotatable bonds is 4. The number of hydrogen-bond acceptors (Lipinski definition) is 2. The van der Waals surface area contributed by atoms with E-state index in [9.17, 15) is 5.11 Å². The zero-order valence-corrected chi connectivity index (χ0v) is 11.0. The van der Waals surface area contributed by atoms with Crippen LogP contribution in [0.2, 0.25) is 0 Å². The second-order valence-corrected chi connectivity index (χ2v) is 5.05. The van der Waals surface area contributed by atoms with E-state index in [0.717, 1.165) is 11.0 Å². The van der Waals surface area contributed by atoms with Gasteiger partial charge in [0.05, 0.1) is 4.47 Å². The molecule has 0 amide bonds. The van der Waals surface area contributed by atoms with Gasteiger partial charge in [0, 0.05) is 12.6 Å². The molecule has 1 aromatic rings. The molecule has 0 radical (unpaired) electrons. The number of benzene rings is 1. The van der Waals surface area contributed by atoms with Crippen molar-refractivity contribution in [1.29, 1.82) is 0 Å². The van der Waals surface area contributed by atoms with E-state index in [2.05, 4.69) is 42.0 Å². The maximum Gasteiger partial charge on any atom is 0.129 e. The van der Waals surface area contributed by atoms with E-state index in [4.69, 9.17) is 0 Å². The van der Waals surface area contributed by atoms with Crippen molar-refractivity contribution >= 4 is 15.9 Å². The van der Waals surface area contributed by atoms with Crippen LogP contribution in [0.5, 0.6) is 5.75 Å². The highest BCUT2D eigenvalue weighted by Crippen LogP contribution is 2.24. The Morgan fingerprint density at radius 2 is 2.00 bits per heavy atom. The molecule has 0 saturated heterocycles. The summed E-state index contributed by atoms with van der Waals surface area (Å²) < 4.78 is 0.749. The van der Waals surface area contributed by atoms with Crippen LogP contribution in [-0.2, 0) is 6.54 Å². The largest absolute Gasteiger partial charge is 0.507 e. The molecule has 0 aliphatic rings. The van der Waals surface area contributed by atoms with Crippen LogP contribution >= 0.6 is 15.9 Å². The lowest BCUT2D eigenvalue weighted by molar-refractivity contribution is 0.425. The molecular formula is C12H18BrNO. The molecule has 1 aromatic carbocycles. The van der Waals surface area contributed by atoms with Crippen molar-refractivity contribution in [3.05, 3.63) is 28.2 Å². The van der Waals surface area contributed by atoms with Crippen LogP contribution in [-0.4, -0.2) is 11.1 Å². The molecule has 1 rings (SSSR count). The molecule has 0 heterocycles. The molecule has 0 saturated carbocycles. The molecule has 2 N–H and O–H groups in total. The second kappa shape index (κ2) is 5.52. The van der Waals surface area contributed by atoms with Crippen molar-refractivity contribution in [2.24, 2.45) is 5.92 Å². The highest BCUT2D eigenvalue weighted by Gasteiger charge is 2.06. The number of aromatic hydroxyl groups is 1. The van der Waals surface area contributed by atoms with E-state index in [-0.39, 0.29) is 5.75 Å². The molecule has 15 heavy (non-hydrogen) atoms. The SMILES string of the molecule is CC(C)[C@@H](C)NCc1ccc(O)c(Br)c1. The Hall–Kier alpha value is -0.540. The molecule has 3 heteroatoms. The molecule has 0 bridgehead atoms. The fraction of sp³-hybridized carbons (Fsp3) is 0.500. The van der Waals surface area contributed by atoms with E-state index in [0.29, 0.717) is 12.0 Å². The average Bonchev–Trinajstić information content (AvgIpc) is 2.19. The summed E-state index contributed by atoms with van der Waals surface area (Å²) in [5.41, 5.74) is 1.17. The normalized spacial score (nSPS) is 13.1. The summed E-state index contributed by atoms with van der Waals surface area (Å²) >= 11 is 3.30. The zero-order chi connectivity index (χ0) is 11.4. The molecule has 2 nitrogen and oxygen atoms in total. The van der Waals surface area contributed by atoms with Crippen molar-refractivity contribution in [2.75, 3.05) is 0 Å². The van der Waals surface area contributed by atoms with Crippen molar-refractivity contribution in [3.63, 3.8) is 0 Å². The van der Waals surface area contributed by atoms with E-state index in [1.165, 1.54) is 5.56 Å². The van der Waals surface area contributed by atoms with E-state index < -0.39 is 0 Å². The fourth-order valence-electron chi connectivity index (χ4n) is 1.17. The predicted molar refractivity (Wildman–Crippen MR) is 66.9 cm³/mol. The van der Waals surface area contributed by atoms with Crippen LogP contribution in [0.3, 0.4) is 0 Å². The minimum atomic E-state index is 0.288. The van der Waals surface area contributed by atoms with Crippen molar-refractivity contribution < 1.29 is 5.11 Å². The maximum absolute atomic E-state index is 9.34. The first kappa shape index (κ1) is 12.5. The number of phenolic OH excluding ortho intramolecular Hbond substituents is 1. The maximum atomic E-state index is 9.34. The van der Waals surface area contributed by atoms with Gasteiger partial charge in [-0.3, -0.25) is 0 Å². The molecule has 0 spiro atoms. The van der Waals surface area contributed by atoms with Gasteiger partial charge in [0.15, 0.2) is 0 Å². The third-order valence-electron chi connectivity index (χ3n) is 2.64. The van der Waals surface area contributed by atoms with Gasteiger partial charge >= 0.3 is 0 Å². The monoisotopic (exact) mass is 271 g/mol. The number of nitrogens with one attached hydrogen (secondary N) is 1. The first-order valence-electron chi connectivity index (χ1n) is 5.21. The summed E-state index contributed by atoms with van der Waals surface area (Å²) in [5.74, 6) is 0.918. The highest BCUT2D eigenvalue weighted by molar-refractivity contribution is 9.10. The van der Waals surface area contributed by atoms with Crippen LogP contribution in [0.25, 0.3) is 0 Å². The summed E-state index contributed by atoms with van der Waals surface area (Å²) in [6.07, 6.45) is 0. The number of hydrogen-bond donors (Lipinski definition) is 2. The third-order valence-corrected chi connectivity index (χ3v) is 3.28. The van der Waals surface area contributed by atoms with E-state index in [1.807, 2.05) is 12.1 Å². The van der Waals surface area contributed by atoms with Crippen LogP contribution in [0.1, 0.15) is 26.3 Å². The number of phenols is 1. The zero-order valence-electron chi connectivity index (χ0n) is 9.42. The third kappa shape index (κ3) is 3.84. The van der Waals surface area contributed by atoms with Crippen molar-refractivity contribution in [2.45, 2.75) is 33.4 Å². The Morgan fingerprint density at radius 1 is 1.33 bits per heavy atom. The molecule has 0 fully saturated rings. The molecule has 0 unspecified atom stereocenters. The average molecular weight is 272 g/mol. The first-order chi connectivity index (χ1) is 7.00. The quantitative estimate of drug-likeness (QED) is 0.881. The highest BCUT2D eigenvalue weighted by atomic mass is 79.9. The van der Waals surface area contributed by atoms with Crippen molar-refractivity contribution in [3.8, 4) is 5.75 Å². The van der Waals surface area contributed by atoms with Gasteiger partial charge in [0.2, 0.25) is 0 Å². The van der Waals surface area contributed by atoms with Gasteiger partial charge < -0.3 is 10.4 Å². The minimum Gasteiger partial charge on any atom is -0.507 e. The van der Waals surface area contributed by atoms with E-state index >= 15 is 0 Å². The van der Waals surface area contributed by atoms with Gasteiger partial charge in [0.1, 0.15) is 5.75 Å². The summed E-state index contributed by atoms with van der Waals surface area (Å²) in [6, 6.07) is 6.08. The Labute approximate surface area is 99.8 Å². The summed E-state index contributed by atoms with van der Waals surface area (Å²) in [7, 11) is 0. The standard InChI is InChI=1S/C12H18BrNO/c1-8(2)9(3)14-7-10-4-5-12(15)11(13)6-10/h4-6,8-9,14-15H,7H2,1-3H3/t9-/m1/s1. The van der Waals surface area contributed by atoms with Crippen LogP contribution in [0, 0.1) is 5.92 Å². The van der Waals surface area contributed by atoms with Crippen LogP contribution < -0.4 is 5.32 Å². The summed E-state index contributed by atoms with van der Waals surface area (Å²) in [5, 5.41) is 12.8. The Bertz CT molecular complexity index is 325. The Kier molecular flexibility index (Phi) is 4.61. The Morgan fingerprint density at radius 3 is 2.53 bits per heavy atom. The van der Waals surface area contributed by atoms with Gasteiger partial charge in [0.25, 0.3) is 0 Å². The smallest absolute Gasteiger partial charge is 0.129 e. The first-order valence-corrected chi connectivity index (χ1v) is 6.00. The van der Waals surface area contributed by atoms with Gasteiger partial charge in [-0.2, -0.15) is 0 Å². The summed E-state index contributed by atoms with van der Waals surface area (Å²) in [4.78, 5) is 0. The Balaban J connectivity index is 2.55. The topological polar surface area (TPSA) is 32.3 Å². The van der Waals surface area contributed by atoms with E-state index in [1.54, 1.807) is 6.07 Å². The summed E-state index contributed by atoms with van der Waals surface area (Å²) in [6.45, 7) is 7.41. The molecule has 1 atom stereocenters. The number of halogens is 1. The molecule has 0 aromatic heterocycles. The molecular weight excluding hydrogens is 254 g/mol. The predicted octanol–water partition coefficient (Wildman–Crippen LogP) is 3.29.